The molecule has 0 spiro atoms. The van der Waals surface area contributed by atoms with E-state index in [4.69, 9.17) is 11.1 Å². The maximum absolute atomic E-state index is 7.55. The Bertz CT molecular complexity index is 516. The average molecular weight is 271 g/mol. The molecule has 3 nitrogen and oxygen atoms in total. The van der Waals surface area contributed by atoms with E-state index in [0.717, 1.165) is 16.7 Å². The van der Waals surface area contributed by atoms with Crippen LogP contribution in [0.1, 0.15) is 25.0 Å². The van der Waals surface area contributed by atoms with Gasteiger partial charge < -0.3 is 11.5 Å². The highest BCUT2D eigenvalue weighted by molar-refractivity contribution is 6.01. The Morgan fingerprint density at radius 2 is 1.40 bits per heavy atom. The fourth-order valence-corrected chi connectivity index (χ4v) is 1.70. The molecule has 0 radical (unpaired) electrons. The van der Waals surface area contributed by atoms with E-state index in [1.165, 1.54) is 12.6 Å². The Hall–Kier alpha value is -2.13. The van der Waals surface area contributed by atoms with Crippen LogP contribution < -0.4 is 11.5 Å². The van der Waals surface area contributed by atoms with Crippen molar-refractivity contribution >= 4 is 5.84 Å². The van der Waals surface area contributed by atoms with Crippen molar-refractivity contribution < 1.29 is 0 Å². The van der Waals surface area contributed by atoms with E-state index in [0.29, 0.717) is 0 Å². The second-order valence-electron chi connectivity index (χ2n) is 3.83. The van der Waals surface area contributed by atoms with Gasteiger partial charge in [0.25, 0.3) is 0 Å². The van der Waals surface area contributed by atoms with E-state index in [1.807, 2.05) is 38.1 Å². The van der Waals surface area contributed by atoms with Crippen LogP contribution >= 0.6 is 0 Å². The molecule has 0 bridgehead atoms. The monoisotopic (exact) mass is 271 g/mol. The zero-order chi connectivity index (χ0) is 15.5. The molecule has 0 atom stereocenters. The molecule has 2 rings (SSSR count). The predicted molar refractivity (Wildman–Crippen MR) is 89.1 cm³/mol. The maximum Gasteiger partial charge on any atom is 0.123 e. The first-order chi connectivity index (χ1) is 9.68. The van der Waals surface area contributed by atoms with Gasteiger partial charge in [0.15, 0.2) is 0 Å². The molecule has 0 aliphatic carbocycles. The minimum atomic E-state index is 0.108. The van der Waals surface area contributed by atoms with Gasteiger partial charge in [-0.1, -0.05) is 67.9 Å². The molecule has 5 N–H and O–H groups in total. The molecule has 3 heteroatoms. The topological polar surface area (TPSA) is 75.9 Å². The summed E-state index contributed by atoms with van der Waals surface area (Å²) < 4.78 is 0. The van der Waals surface area contributed by atoms with Gasteiger partial charge in [0, 0.05) is 5.56 Å². The molecule has 0 unspecified atom stereocenters. The van der Waals surface area contributed by atoms with Crippen LogP contribution in [0.5, 0.6) is 0 Å². The van der Waals surface area contributed by atoms with Crippen LogP contribution in [-0.4, -0.2) is 12.9 Å². The number of aryl methyl sites for hydroxylation is 1. The summed E-state index contributed by atoms with van der Waals surface area (Å²) >= 11 is 0. The largest absolute Gasteiger partial charge is 0.384 e. The second kappa shape index (κ2) is 9.75. The summed E-state index contributed by atoms with van der Waals surface area (Å²) in [5.41, 5.74) is 14.2. The van der Waals surface area contributed by atoms with E-state index >= 15 is 0 Å². The lowest BCUT2D eigenvalue weighted by Crippen LogP contribution is -2.12. The summed E-state index contributed by atoms with van der Waals surface area (Å²) in [5, 5.41) is 7.55. The number of amidine groups is 1. The molecule has 2 aromatic carbocycles. The van der Waals surface area contributed by atoms with E-state index in [1.54, 1.807) is 0 Å². The first kappa shape index (κ1) is 17.9. The number of nitrogen functional groups attached to an aromatic ring is 1. The van der Waals surface area contributed by atoms with E-state index in [9.17, 15) is 0 Å². The van der Waals surface area contributed by atoms with Crippen molar-refractivity contribution in [2.24, 2.45) is 11.5 Å². The first-order valence-corrected chi connectivity index (χ1v) is 6.76. The molecular formula is C17H25N3. The molecule has 0 saturated heterocycles. The van der Waals surface area contributed by atoms with Crippen molar-refractivity contribution in [3.8, 4) is 11.1 Å². The number of rotatable bonds is 2. The Labute approximate surface area is 122 Å². The van der Waals surface area contributed by atoms with Crippen molar-refractivity contribution in [1.82, 2.24) is 0 Å². The van der Waals surface area contributed by atoms with Gasteiger partial charge in [0.05, 0.1) is 0 Å². The summed E-state index contributed by atoms with van der Waals surface area (Å²) in [6, 6.07) is 15.9. The Morgan fingerprint density at radius 1 is 0.900 bits per heavy atom. The quantitative estimate of drug-likeness (QED) is 0.577. The van der Waals surface area contributed by atoms with Crippen LogP contribution in [0.3, 0.4) is 0 Å². The van der Waals surface area contributed by atoms with E-state index < -0.39 is 0 Å². The summed E-state index contributed by atoms with van der Waals surface area (Å²) in [6.45, 7) is 6.06. The molecule has 0 fully saturated rings. The molecule has 2 aromatic rings. The van der Waals surface area contributed by atoms with Gasteiger partial charge in [-0.2, -0.15) is 0 Å². The second-order valence-corrected chi connectivity index (χ2v) is 3.83. The highest BCUT2D eigenvalue weighted by Gasteiger charge is 2.05. The lowest BCUT2D eigenvalue weighted by atomic mass is 9.98. The summed E-state index contributed by atoms with van der Waals surface area (Å²) in [5.74, 6) is 0.108. The smallest absolute Gasteiger partial charge is 0.123 e. The van der Waals surface area contributed by atoms with Crippen LogP contribution in [0.2, 0.25) is 0 Å². The van der Waals surface area contributed by atoms with Crippen molar-refractivity contribution in [3.05, 3.63) is 59.7 Å². The molecule has 108 valence electrons. The van der Waals surface area contributed by atoms with Crippen molar-refractivity contribution in [1.29, 1.82) is 5.41 Å². The van der Waals surface area contributed by atoms with Crippen LogP contribution in [0.15, 0.2) is 48.5 Å². The standard InChI is InChI=1S/C14H14N2.C2H6.CH5N/c1-10-6-8-11(9-7-10)12-4-2-3-5-13(12)14(15)16;2*1-2/h2-9H,1H3,(H3,15,16);1-2H3;2H2,1H3. The van der Waals surface area contributed by atoms with Crippen molar-refractivity contribution in [2.75, 3.05) is 7.05 Å². The number of nitrogens with two attached hydrogens (primary N) is 2. The number of hydrogen-bond acceptors (Lipinski definition) is 2. The molecular weight excluding hydrogens is 246 g/mol. The third-order valence-corrected chi connectivity index (χ3v) is 2.58. The highest BCUT2D eigenvalue weighted by atomic mass is 14.7. The maximum atomic E-state index is 7.55. The average Bonchev–Trinajstić information content (AvgIpc) is 2.52. The zero-order valence-corrected chi connectivity index (χ0v) is 12.8. The summed E-state index contributed by atoms with van der Waals surface area (Å²) in [6.07, 6.45) is 0. The lowest BCUT2D eigenvalue weighted by Gasteiger charge is -2.08. The van der Waals surface area contributed by atoms with Gasteiger partial charge in [-0.3, -0.25) is 5.41 Å². The number of benzene rings is 2. The van der Waals surface area contributed by atoms with Crippen molar-refractivity contribution in [3.63, 3.8) is 0 Å². The Balaban J connectivity index is 0.000000829. The lowest BCUT2D eigenvalue weighted by molar-refractivity contribution is 1.42. The predicted octanol–water partition coefficient (Wildman–Crippen LogP) is 3.55. The molecule has 0 heterocycles. The van der Waals surface area contributed by atoms with E-state index in [2.05, 4.69) is 36.9 Å². The normalized spacial score (nSPS) is 8.65. The highest BCUT2D eigenvalue weighted by Crippen LogP contribution is 2.23. The molecule has 20 heavy (non-hydrogen) atoms. The van der Waals surface area contributed by atoms with Crippen LogP contribution in [0, 0.1) is 12.3 Å². The SMILES string of the molecule is CC.CN.Cc1ccc(-c2ccccc2C(=N)N)cc1. The molecule has 0 aliphatic heterocycles. The molecule has 0 amide bonds. The van der Waals surface area contributed by atoms with Crippen LogP contribution in [0.4, 0.5) is 0 Å². The summed E-state index contributed by atoms with van der Waals surface area (Å²) in [4.78, 5) is 0. The zero-order valence-electron chi connectivity index (χ0n) is 12.8. The number of nitrogens with one attached hydrogen (secondary N) is 1. The molecule has 0 aromatic heterocycles. The van der Waals surface area contributed by atoms with Crippen molar-refractivity contribution in [2.45, 2.75) is 20.8 Å². The Morgan fingerprint density at radius 3 is 1.90 bits per heavy atom. The fourth-order valence-electron chi connectivity index (χ4n) is 1.70. The fraction of sp³-hybridized carbons (Fsp3) is 0.235. The minimum Gasteiger partial charge on any atom is -0.384 e. The van der Waals surface area contributed by atoms with Gasteiger partial charge in [-0.05, 0) is 25.1 Å². The van der Waals surface area contributed by atoms with Gasteiger partial charge in [0.2, 0.25) is 0 Å². The van der Waals surface area contributed by atoms with E-state index in [-0.39, 0.29) is 5.84 Å². The molecule has 0 aliphatic rings. The third kappa shape index (κ3) is 4.86. The van der Waals surface area contributed by atoms with Gasteiger partial charge in [-0.15, -0.1) is 0 Å². The number of hydrogen-bond donors (Lipinski definition) is 3. The summed E-state index contributed by atoms with van der Waals surface area (Å²) in [7, 11) is 1.50. The van der Waals surface area contributed by atoms with Gasteiger partial charge >= 0.3 is 0 Å². The minimum absolute atomic E-state index is 0.108. The first-order valence-electron chi connectivity index (χ1n) is 6.76. The molecule has 0 saturated carbocycles. The third-order valence-electron chi connectivity index (χ3n) is 2.58. The Kier molecular flexibility index (Phi) is 8.72. The van der Waals surface area contributed by atoms with Crippen LogP contribution in [0.25, 0.3) is 11.1 Å². The van der Waals surface area contributed by atoms with Crippen LogP contribution in [-0.2, 0) is 0 Å². The van der Waals surface area contributed by atoms with Gasteiger partial charge in [0.1, 0.15) is 5.84 Å². The van der Waals surface area contributed by atoms with Gasteiger partial charge in [-0.25, -0.2) is 0 Å².